The molecule has 318 valence electrons. The zero-order chi connectivity index (χ0) is 42.9. The summed E-state index contributed by atoms with van der Waals surface area (Å²) in [6.45, 7) is 2.17. The third-order valence-corrected chi connectivity index (χ3v) is 10.6. The summed E-state index contributed by atoms with van der Waals surface area (Å²) in [6, 6.07) is 21.4. The summed E-state index contributed by atoms with van der Waals surface area (Å²) in [5.74, 6) is -2.83. The van der Waals surface area contributed by atoms with E-state index in [4.69, 9.17) is 17.2 Å². The molecule has 2 heterocycles. The van der Waals surface area contributed by atoms with E-state index >= 15 is 0 Å². The molecule has 60 heavy (non-hydrogen) atoms. The van der Waals surface area contributed by atoms with Crippen molar-refractivity contribution in [3.05, 3.63) is 126 Å². The lowest BCUT2D eigenvalue weighted by Gasteiger charge is -2.28. The Bertz CT molecular complexity index is 2140. The molecular weight excluding hydrogens is 785 g/mol. The second kappa shape index (κ2) is 22.9. The summed E-state index contributed by atoms with van der Waals surface area (Å²) in [5.41, 5.74) is 24.4. The second-order valence-electron chi connectivity index (χ2n) is 14.4. The van der Waals surface area contributed by atoms with Crippen LogP contribution in [0.15, 0.2) is 104 Å². The van der Waals surface area contributed by atoms with Crippen molar-refractivity contribution in [2.24, 2.45) is 17.2 Å². The first-order chi connectivity index (χ1) is 29.0. The molecule has 0 saturated carbocycles. The number of unbranched alkanes of at least 4 members (excludes halogenated alkanes) is 1. The fourth-order valence-corrected chi connectivity index (χ4v) is 7.19. The van der Waals surface area contributed by atoms with Gasteiger partial charge >= 0.3 is 0 Å². The van der Waals surface area contributed by atoms with E-state index in [2.05, 4.69) is 41.1 Å². The predicted octanol–water partition coefficient (Wildman–Crippen LogP) is 1.39. The van der Waals surface area contributed by atoms with Crippen molar-refractivity contribution in [2.45, 2.75) is 82.2 Å². The zero-order valence-corrected chi connectivity index (χ0v) is 34.3. The largest absolute Gasteiger partial charge is 0.368 e. The first kappa shape index (κ1) is 45.0. The van der Waals surface area contributed by atoms with Crippen LogP contribution in [0.5, 0.6) is 0 Å². The number of nitrogens with zero attached hydrogens (tertiary/aromatic N) is 2. The Labute approximate surface area is 353 Å². The van der Waals surface area contributed by atoms with Gasteiger partial charge in [-0.15, -0.1) is 4.41 Å². The smallest absolute Gasteiger partial charge is 0.257 e. The quantitative estimate of drug-likeness (QED) is 0.0241. The van der Waals surface area contributed by atoms with Crippen molar-refractivity contribution in [1.82, 2.24) is 45.5 Å². The minimum Gasteiger partial charge on any atom is -0.368 e. The number of benzene rings is 3. The third-order valence-electron chi connectivity index (χ3n) is 9.73. The van der Waals surface area contributed by atoms with Gasteiger partial charge in [0.1, 0.15) is 24.2 Å². The maximum atomic E-state index is 14.0. The van der Waals surface area contributed by atoms with E-state index in [-0.39, 0.29) is 25.8 Å². The number of nitrogens with two attached hydrogens (primary N) is 3. The first-order valence-electron chi connectivity index (χ1n) is 19.8. The highest BCUT2D eigenvalue weighted by Gasteiger charge is 2.30. The highest BCUT2D eigenvalue weighted by atomic mass is 32.2. The van der Waals surface area contributed by atoms with Gasteiger partial charge in [-0.1, -0.05) is 78.9 Å². The lowest BCUT2D eigenvalue weighted by Crippen LogP contribution is -2.57. The van der Waals surface area contributed by atoms with Crippen molar-refractivity contribution in [1.29, 1.82) is 0 Å². The molecule has 0 aliphatic carbocycles. The Morgan fingerprint density at radius 2 is 1.42 bits per heavy atom. The molecule has 2 aromatic heterocycles. The maximum absolute atomic E-state index is 14.0. The number of carbonyl (C=O) groups is 5. The van der Waals surface area contributed by atoms with Crippen LogP contribution in [-0.2, 0) is 49.8 Å². The Morgan fingerprint density at radius 1 is 0.750 bits per heavy atom. The van der Waals surface area contributed by atoms with Gasteiger partial charge in [0, 0.05) is 54.0 Å². The number of hydrogen-bond donors (Lipinski definition) is 10. The molecule has 13 N–H and O–H groups in total. The molecular formula is C42H54N12O5S. The van der Waals surface area contributed by atoms with Gasteiger partial charge in [-0.25, -0.2) is 9.71 Å². The van der Waals surface area contributed by atoms with Crippen molar-refractivity contribution in [2.75, 3.05) is 6.54 Å². The van der Waals surface area contributed by atoms with Gasteiger partial charge in [0.15, 0.2) is 0 Å². The van der Waals surface area contributed by atoms with Gasteiger partial charge in [0.05, 0.1) is 18.9 Å². The van der Waals surface area contributed by atoms with Crippen molar-refractivity contribution in [3.63, 3.8) is 0 Å². The van der Waals surface area contributed by atoms with E-state index in [0.29, 0.717) is 31.5 Å². The number of imidazole rings is 1. The molecule has 0 bridgehead atoms. The standard InChI is InChI=1S/C42H54N12O5S/c1-27(49-41(58)36(21-30-23-47-34-17-9-8-16-32(30)34)51-40(57)33(44)22-31-24-46-26-48-31)39(56)52-54(25-29-14-6-3-7-15-29)60-53-37(20-28-12-4-2-5-13-28)42(59)50-35(38(45)55)18-10-11-19-43/h2-9,12-17,23-24,26-27,33,35-37,47,53H,10-11,18-22,25,43-44H2,1H3,(H2,45,55)(H,46,48)(H,49,58)(H,50,59)(H,51,57)(H,52,56)/t27-,33-,35-,36+,37+/m0/s1. The van der Waals surface area contributed by atoms with Crippen LogP contribution in [-0.4, -0.2) is 85.7 Å². The minimum absolute atomic E-state index is 0.112. The Hall–Kier alpha value is -6.05. The zero-order valence-electron chi connectivity index (χ0n) is 33.4. The van der Waals surface area contributed by atoms with Crippen LogP contribution in [0, 0.1) is 0 Å². The van der Waals surface area contributed by atoms with Gasteiger partial charge in [0.2, 0.25) is 23.6 Å². The summed E-state index contributed by atoms with van der Waals surface area (Å²) >= 11 is 0.980. The lowest BCUT2D eigenvalue weighted by atomic mass is 10.0. The highest BCUT2D eigenvalue weighted by molar-refractivity contribution is 7.95. The number of aromatic amines is 2. The average Bonchev–Trinajstić information content (AvgIpc) is 3.92. The number of amides is 5. The SMILES string of the molecule is C[C@H](NC(=O)[C@@H](Cc1c[nH]c2ccccc12)NC(=O)[C@@H](N)Cc1cnc[nH]1)C(=O)NN(Cc1ccccc1)SN[C@H](Cc1ccccc1)C(=O)N[C@@H](CCCCN)C(N)=O. The molecule has 18 heteroatoms. The van der Waals surface area contributed by atoms with Crippen LogP contribution in [0.3, 0.4) is 0 Å². The lowest BCUT2D eigenvalue weighted by molar-refractivity contribution is -0.133. The van der Waals surface area contributed by atoms with Crippen molar-refractivity contribution >= 4 is 52.6 Å². The van der Waals surface area contributed by atoms with E-state index in [1.807, 2.05) is 84.9 Å². The molecule has 17 nitrogen and oxygen atoms in total. The van der Waals surface area contributed by atoms with Crippen molar-refractivity contribution in [3.8, 4) is 0 Å². The summed E-state index contributed by atoms with van der Waals surface area (Å²) < 4.78 is 4.69. The van der Waals surface area contributed by atoms with E-state index in [1.54, 1.807) is 12.4 Å². The van der Waals surface area contributed by atoms with Crippen LogP contribution >= 0.6 is 12.1 Å². The number of fused-ring (bicyclic) bond motifs is 1. The molecule has 0 fully saturated rings. The minimum atomic E-state index is -1.09. The molecule has 0 aliphatic heterocycles. The molecule has 3 aromatic carbocycles. The number of hydrazine groups is 1. The number of rotatable bonds is 24. The third kappa shape index (κ3) is 13.8. The second-order valence-corrected chi connectivity index (χ2v) is 15.3. The van der Waals surface area contributed by atoms with E-state index in [0.717, 1.165) is 39.7 Å². The van der Waals surface area contributed by atoms with Gasteiger partial charge in [-0.3, -0.25) is 29.4 Å². The van der Waals surface area contributed by atoms with Crippen LogP contribution < -0.4 is 43.3 Å². The molecule has 5 amide bonds. The first-order valence-corrected chi connectivity index (χ1v) is 20.5. The molecule has 0 aliphatic rings. The number of para-hydroxylation sites is 1. The predicted molar refractivity (Wildman–Crippen MR) is 231 cm³/mol. The van der Waals surface area contributed by atoms with Gasteiger partial charge < -0.3 is 43.1 Å². The molecule has 0 spiro atoms. The Kier molecular flexibility index (Phi) is 17.2. The molecule has 5 aromatic rings. The normalized spacial score (nSPS) is 13.8. The Morgan fingerprint density at radius 3 is 2.10 bits per heavy atom. The number of nitrogens with one attached hydrogen (secondary N) is 7. The van der Waals surface area contributed by atoms with Gasteiger partial charge in [0.25, 0.3) is 5.91 Å². The molecule has 0 unspecified atom stereocenters. The van der Waals surface area contributed by atoms with Crippen LogP contribution in [0.2, 0.25) is 0 Å². The van der Waals surface area contributed by atoms with Gasteiger partial charge in [-0.05, 0) is 61.9 Å². The molecule has 0 saturated heterocycles. The highest BCUT2D eigenvalue weighted by Crippen LogP contribution is 2.20. The summed E-state index contributed by atoms with van der Waals surface area (Å²) in [4.78, 5) is 77.3. The summed E-state index contributed by atoms with van der Waals surface area (Å²) in [5, 5.41) is 9.23. The summed E-state index contributed by atoms with van der Waals surface area (Å²) in [6.07, 6.45) is 7.00. The number of primary amides is 1. The van der Waals surface area contributed by atoms with Gasteiger partial charge in [-0.2, -0.15) is 0 Å². The molecule has 0 radical (unpaired) electrons. The number of hydrogen-bond acceptors (Lipinski definition) is 11. The molecule has 5 rings (SSSR count). The van der Waals surface area contributed by atoms with Crippen LogP contribution in [0.4, 0.5) is 0 Å². The molecule has 5 atom stereocenters. The van der Waals surface area contributed by atoms with E-state index in [1.165, 1.54) is 17.7 Å². The maximum Gasteiger partial charge on any atom is 0.257 e. The van der Waals surface area contributed by atoms with Crippen molar-refractivity contribution < 1.29 is 24.0 Å². The number of H-pyrrole nitrogens is 2. The summed E-state index contributed by atoms with van der Waals surface area (Å²) in [7, 11) is 0. The monoisotopic (exact) mass is 838 g/mol. The Balaban J connectivity index is 1.30. The number of aromatic nitrogens is 3. The average molecular weight is 839 g/mol. The number of carbonyl (C=O) groups excluding carboxylic acids is 5. The van der Waals surface area contributed by atoms with Crippen LogP contribution in [0.1, 0.15) is 48.6 Å². The van der Waals surface area contributed by atoms with E-state index < -0.39 is 59.7 Å². The van der Waals surface area contributed by atoms with E-state index in [9.17, 15) is 24.0 Å². The van der Waals surface area contributed by atoms with Crippen LogP contribution in [0.25, 0.3) is 10.9 Å². The topological polar surface area (TPSA) is 271 Å². The fourth-order valence-electron chi connectivity index (χ4n) is 6.39. The fraction of sp³-hybridized carbons (Fsp3) is 0.333.